The van der Waals surface area contributed by atoms with E-state index >= 15 is 0 Å². The quantitative estimate of drug-likeness (QED) is 0.330. The van der Waals surface area contributed by atoms with Gasteiger partial charge in [0.1, 0.15) is 17.8 Å². The van der Waals surface area contributed by atoms with E-state index in [1.165, 1.54) is 12.3 Å². The van der Waals surface area contributed by atoms with Crippen LogP contribution in [0, 0.1) is 17.6 Å². The van der Waals surface area contributed by atoms with E-state index in [9.17, 15) is 13.6 Å². The van der Waals surface area contributed by atoms with Gasteiger partial charge in [-0.05, 0) is 18.1 Å². The van der Waals surface area contributed by atoms with E-state index in [2.05, 4.69) is 25.8 Å². The Bertz CT molecular complexity index is 1140. The second-order valence-electron chi connectivity index (χ2n) is 7.95. The molecule has 0 spiro atoms. The Balaban J connectivity index is 1.84. The number of carbonyl (C=O) groups is 1. The third-order valence-electron chi connectivity index (χ3n) is 5.07. The molecule has 0 aliphatic carbocycles. The highest BCUT2D eigenvalue weighted by Crippen LogP contribution is 2.21. The largest absolute Gasteiger partial charge is 0.481 e. The van der Waals surface area contributed by atoms with E-state index in [-0.39, 0.29) is 36.3 Å². The second-order valence-corrected chi connectivity index (χ2v) is 7.95. The molecule has 2 atom stereocenters. The van der Waals surface area contributed by atoms with Crippen LogP contribution in [0.3, 0.4) is 0 Å². The predicted octanol–water partition coefficient (Wildman–Crippen LogP) is 3.48. The molecule has 3 rings (SSSR count). The lowest BCUT2D eigenvalue weighted by Gasteiger charge is -2.22. The molecule has 34 heavy (non-hydrogen) atoms. The number of benzene rings is 1. The number of nitrogens with zero attached hydrogens (tertiary/aromatic N) is 3. The van der Waals surface area contributed by atoms with Crippen LogP contribution in [-0.4, -0.2) is 32.2 Å². The predicted molar refractivity (Wildman–Crippen MR) is 121 cm³/mol. The first-order chi connectivity index (χ1) is 16.2. The number of nitrogens with two attached hydrogens (primary N) is 1. The second kappa shape index (κ2) is 11.3. The van der Waals surface area contributed by atoms with Gasteiger partial charge in [-0.25, -0.2) is 18.7 Å². The zero-order chi connectivity index (χ0) is 24.7. The fraction of sp³-hybridized carbons (Fsp3) is 0.304. The first-order valence-electron chi connectivity index (χ1n) is 10.6. The van der Waals surface area contributed by atoms with Crippen molar-refractivity contribution in [1.29, 1.82) is 0 Å². The number of hydrogen-bond acceptors (Lipinski definition) is 8. The van der Waals surface area contributed by atoms with Crippen molar-refractivity contribution >= 4 is 17.5 Å². The van der Waals surface area contributed by atoms with Crippen LogP contribution in [0.2, 0.25) is 0 Å². The van der Waals surface area contributed by atoms with Crippen LogP contribution in [0.15, 0.2) is 53.4 Å². The Morgan fingerprint density at radius 1 is 1.24 bits per heavy atom. The molecular weight excluding hydrogens is 446 g/mol. The summed E-state index contributed by atoms with van der Waals surface area (Å²) in [6.07, 6.45) is 3.70. The van der Waals surface area contributed by atoms with Gasteiger partial charge in [0.05, 0.1) is 24.4 Å². The number of halogens is 2. The minimum absolute atomic E-state index is 0.0930. The lowest BCUT2D eigenvalue weighted by molar-refractivity contribution is -0.137. The zero-order valence-electron chi connectivity index (χ0n) is 18.7. The van der Waals surface area contributed by atoms with Gasteiger partial charge >= 0.3 is 5.97 Å². The van der Waals surface area contributed by atoms with Crippen molar-refractivity contribution < 1.29 is 23.2 Å². The Hall–Kier alpha value is -3.86. The summed E-state index contributed by atoms with van der Waals surface area (Å²) in [4.78, 5) is 19.3. The fourth-order valence-corrected chi connectivity index (χ4v) is 3.13. The molecule has 0 amide bonds. The summed E-state index contributed by atoms with van der Waals surface area (Å²) in [6, 6.07) is 6.49. The Kier molecular flexibility index (Phi) is 8.25. The highest BCUT2D eigenvalue weighted by atomic mass is 19.1. The molecule has 0 bridgehead atoms. The summed E-state index contributed by atoms with van der Waals surface area (Å²) >= 11 is 0. The number of carboxylic acids is 1. The van der Waals surface area contributed by atoms with E-state index in [1.807, 2.05) is 13.8 Å². The third kappa shape index (κ3) is 6.58. The van der Waals surface area contributed by atoms with Gasteiger partial charge in [0, 0.05) is 24.2 Å². The van der Waals surface area contributed by atoms with Crippen molar-refractivity contribution in [3.63, 3.8) is 0 Å². The van der Waals surface area contributed by atoms with Gasteiger partial charge in [0.15, 0.2) is 17.5 Å². The van der Waals surface area contributed by atoms with Crippen molar-refractivity contribution in [2.45, 2.75) is 38.9 Å². The van der Waals surface area contributed by atoms with E-state index in [0.29, 0.717) is 17.0 Å². The van der Waals surface area contributed by atoms with Crippen LogP contribution >= 0.6 is 0 Å². The number of nitrogens with one attached hydrogen (secondary N) is 2. The maximum absolute atomic E-state index is 14.4. The molecule has 2 heterocycles. The van der Waals surface area contributed by atoms with Crippen molar-refractivity contribution in [2.75, 3.05) is 5.32 Å². The summed E-state index contributed by atoms with van der Waals surface area (Å²) in [5.74, 6) is -2.25. The third-order valence-corrected chi connectivity index (χ3v) is 5.07. The van der Waals surface area contributed by atoms with E-state index in [4.69, 9.17) is 15.4 Å². The molecule has 0 aliphatic heterocycles. The standard InChI is InChI=1S/C23H26F2N6O3/c1-13(2)19(10-21(32)33)29-22-16(25)12-28-23(30-22)17(26)9-20(18-7-8-34-31-18)27-11-14-5-3-4-6-15(14)24/h3-9,12-13,17,19,27H,10-11,26H2,1-2H3,(H,32,33)(H,28,29,30)/b20-9-. The topological polar surface area (TPSA) is 139 Å². The molecule has 3 aromatic rings. The van der Waals surface area contributed by atoms with Crippen LogP contribution in [0.5, 0.6) is 0 Å². The van der Waals surface area contributed by atoms with Crippen LogP contribution in [-0.2, 0) is 11.3 Å². The fourth-order valence-electron chi connectivity index (χ4n) is 3.13. The molecule has 180 valence electrons. The summed E-state index contributed by atoms with van der Waals surface area (Å²) in [7, 11) is 0. The number of aliphatic carboxylic acids is 1. The molecule has 11 heteroatoms. The van der Waals surface area contributed by atoms with Gasteiger partial charge in [-0.2, -0.15) is 0 Å². The number of anilines is 1. The lowest BCUT2D eigenvalue weighted by Crippen LogP contribution is -2.30. The molecular formula is C23H26F2N6O3. The monoisotopic (exact) mass is 472 g/mol. The molecule has 1 aromatic carbocycles. The molecule has 0 fully saturated rings. The molecule has 0 saturated carbocycles. The summed E-state index contributed by atoms with van der Waals surface area (Å²) in [5.41, 5.74) is 7.58. The minimum Gasteiger partial charge on any atom is -0.481 e. The molecule has 0 aliphatic rings. The number of hydrogen-bond donors (Lipinski definition) is 4. The average molecular weight is 472 g/mol. The number of rotatable bonds is 11. The van der Waals surface area contributed by atoms with E-state index in [0.717, 1.165) is 6.20 Å². The van der Waals surface area contributed by atoms with Crippen LogP contribution < -0.4 is 16.4 Å². The normalized spacial score (nSPS) is 13.5. The number of aromatic nitrogens is 3. The van der Waals surface area contributed by atoms with Crippen LogP contribution in [0.1, 0.15) is 43.4 Å². The van der Waals surface area contributed by atoms with Crippen molar-refractivity contribution in [3.05, 3.63) is 77.6 Å². The van der Waals surface area contributed by atoms with Gasteiger partial charge in [-0.3, -0.25) is 4.79 Å². The highest BCUT2D eigenvalue weighted by Gasteiger charge is 2.21. The molecule has 2 aromatic heterocycles. The first kappa shape index (κ1) is 24.8. The first-order valence-corrected chi connectivity index (χ1v) is 10.6. The van der Waals surface area contributed by atoms with E-state index < -0.39 is 23.9 Å². The Labute approximate surface area is 195 Å². The lowest BCUT2D eigenvalue weighted by atomic mass is 10.0. The highest BCUT2D eigenvalue weighted by molar-refractivity contribution is 5.68. The molecule has 0 saturated heterocycles. The van der Waals surface area contributed by atoms with Crippen molar-refractivity contribution in [3.8, 4) is 0 Å². The van der Waals surface area contributed by atoms with Gasteiger partial charge < -0.3 is 26.0 Å². The summed E-state index contributed by atoms with van der Waals surface area (Å²) in [5, 5.41) is 18.9. The molecule has 0 radical (unpaired) electrons. The number of carboxylic acid groups (broad SMARTS) is 1. The minimum atomic E-state index is -1.02. The Morgan fingerprint density at radius 2 is 2.00 bits per heavy atom. The maximum Gasteiger partial charge on any atom is 0.305 e. The smallest absolute Gasteiger partial charge is 0.305 e. The van der Waals surface area contributed by atoms with Gasteiger partial charge in [0.25, 0.3) is 0 Å². The van der Waals surface area contributed by atoms with Gasteiger partial charge in [-0.15, -0.1) is 0 Å². The van der Waals surface area contributed by atoms with Crippen molar-refractivity contribution in [1.82, 2.24) is 20.4 Å². The van der Waals surface area contributed by atoms with Crippen LogP contribution in [0.25, 0.3) is 5.70 Å². The molecule has 2 unspecified atom stereocenters. The summed E-state index contributed by atoms with van der Waals surface area (Å²) < 4.78 is 33.3. The Morgan fingerprint density at radius 3 is 2.65 bits per heavy atom. The van der Waals surface area contributed by atoms with Gasteiger partial charge in [0.2, 0.25) is 0 Å². The zero-order valence-corrected chi connectivity index (χ0v) is 18.7. The average Bonchev–Trinajstić information content (AvgIpc) is 3.33. The summed E-state index contributed by atoms with van der Waals surface area (Å²) in [6.45, 7) is 3.79. The van der Waals surface area contributed by atoms with E-state index in [1.54, 1.807) is 30.3 Å². The van der Waals surface area contributed by atoms with Gasteiger partial charge in [-0.1, -0.05) is 37.2 Å². The van der Waals surface area contributed by atoms with Crippen molar-refractivity contribution in [2.24, 2.45) is 11.7 Å². The molecule has 9 nitrogen and oxygen atoms in total. The molecule has 5 N–H and O–H groups in total. The maximum atomic E-state index is 14.4. The SMILES string of the molecule is CC(C)C(CC(=O)O)Nc1nc(C(N)/C=C(\NCc2ccccc2F)c2ccon2)ncc1F. The van der Waals surface area contributed by atoms with Crippen LogP contribution in [0.4, 0.5) is 14.6 Å².